The van der Waals surface area contributed by atoms with Crippen LogP contribution in [-0.4, -0.2) is 155 Å². The van der Waals surface area contributed by atoms with Crippen LogP contribution in [0.5, 0.6) is 0 Å². The van der Waals surface area contributed by atoms with Gasteiger partial charge in [0.15, 0.2) is 0 Å². The maximum Gasteiger partial charge on any atom is 2.00 e. The molecular weight excluding hydrogens is 355 g/mol. The van der Waals surface area contributed by atoms with Gasteiger partial charge in [-0.2, -0.15) is 0 Å². The fourth-order valence-electron chi connectivity index (χ4n) is 0. The Morgan fingerprint density at radius 1 is 0.318 bits per heavy atom. The molecule has 22 heavy (non-hydrogen) atoms. The van der Waals surface area contributed by atoms with Gasteiger partial charge in [-0.3, -0.25) is 0 Å². The molecular formula is H24B4CaO17. The first-order chi connectivity index (χ1) is 6.93. The first-order valence-electron chi connectivity index (χ1n) is 3.10. The predicted octanol–water partition coefficient (Wildman–Crippen LogP) is -12.5. The predicted molar refractivity (Wildman–Crippen MR) is 75.7 cm³/mol. The minimum absolute atomic E-state index is 0. The van der Waals surface area contributed by atoms with Crippen LogP contribution in [0.3, 0.4) is 0 Å². The number of rotatable bonds is 0. The summed E-state index contributed by atoms with van der Waals surface area (Å²) in [6.07, 6.45) is 0. The van der Waals surface area contributed by atoms with Gasteiger partial charge in [-0.1, -0.05) is 0 Å². The summed E-state index contributed by atoms with van der Waals surface area (Å²) < 4.78 is 0. The van der Waals surface area contributed by atoms with Crippen molar-refractivity contribution < 1.29 is 90.5 Å². The molecule has 17 nitrogen and oxygen atoms in total. The minimum Gasteiger partial charge on any atom is -1.00 e. The Morgan fingerprint density at radius 3 is 0.318 bits per heavy atom. The van der Waals surface area contributed by atoms with Gasteiger partial charge in [0.05, 0.1) is 0 Å². The summed E-state index contributed by atoms with van der Waals surface area (Å²) in [5.74, 6) is 0. The summed E-state index contributed by atoms with van der Waals surface area (Å²) in [6.45, 7) is 0. The summed E-state index contributed by atoms with van der Waals surface area (Å²) in [4.78, 5) is 0. The van der Waals surface area contributed by atoms with Crippen molar-refractivity contribution in [3.05, 3.63) is 0 Å². The van der Waals surface area contributed by atoms with Crippen molar-refractivity contribution in [3.8, 4) is 0 Å². The van der Waals surface area contributed by atoms with E-state index in [1.807, 2.05) is 0 Å². The van der Waals surface area contributed by atoms with Gasteiger partial charge < -0.3 is 90.5 Å². The van der Waals surface area contributed by atoms with Crippen molar-refractivity contribution in [2.45, 2.75) is 0 Å². The molecule has 0 aliphatic rings. The summed E-state index contributed by atoms with van der Waals surface area (Å²) in [5, 5.41) is 86.0. The zero-order chi connectivity index (χ0) is 14.3. The SMILES string of the molecule is O.O.O.O.O.OB(O)O.OB(O)O.OB(O)O.OB(O)O.[Ca+2].[H-].[H-]. The minimum atomic E-state index is -2.17. The van der Waals surface area contributed by atoms with Crippen molar-refractivity contribution in [1.29, 1.82) is 0 Å². The molecule has 0 saturated carbocycles. The molecule has 0 heterocycles. The molecule has 22 heteroatoms. The van der Waals surface area contributed by atoms with Gasteiger partial charge >= 0.3 is 67.0 Å². The van der Waals surface area contributed by atoms with Crippen LogP contribution in [0.1, 0.15) is 2.85 Å². The Kier molecular flexibility index (Phi) is 173. The van der Waals surface area contributed by atoms with Gasteiger partial charge in [-0.25, -0.2) is 0 Å². The fourth-order valence-corrected chi connectivity index (χ4v) is 0. The standard InChI is InChI=1S/4BH3O3.Ca.5H2O.2H/c4*2-1(3)4;;;;;;;;/h4*2-4H;;5*1H2;;/q;;;;+2;;;;;;2*-1. The average molecular weight is 380 g/mol. The Hall–Kier alpha value is 0.839. The normalized spacial score (nSPS) is 4.91. The first kappa shape index (κ1) is 66.1. The molecule has 0 aliphatic carbocycles. The fraction of sp³-hybridized carbons (Fsp3) is 0. The monoisotopic (exact) mass is 380 g/mol. The molecule has 0 amide bonds. The van der Waals surface area contributed by atoms with Crippen molar-refractivity contribution in [2.24, 2.45) is 0 Å². The van der Waals surface area contributed by atoms with E-state index in [1.54, 1.807) is 0 Å². The molecule has 22 N–H and O–H groups in total. The van der Waals surface area contributed by atoms with Gasteiger partial charge in [0.25, 0.3) is 0 Å². The molecule has 0 saturated heterocycles. The Balaban J connectivity index is -0.00000000720. The van der Waals surface area contributed by atoms with Gasteiger partial charge in [0.2, 0.25) is 0 Å². The van der Waals surface area contributed by atoms with Crippen LogP contribution in [0.4, 0.5) is 0 Å². The second kappa shape index (κ2) is 57.5. The number of hydrogen-bond acceptors (Lipinski definition) is 12. The van der Waals surface area contributed by atoms with Crippen LogP contribution in [0, 0.1) is 0 Å². The van der Waals surface area contributed by atoms with Crippen molar-refractivity contribution in [2.75, 3.05) is 0 Å². The van der Waals surface area contributed by atoms with E-state index in [2.05, 4.69) is 0 Å². The van der Waals surface area contributed by atoms with Crippen LogP contribution in [-0.2, 0) is 0 Å². The largest absolute Gasteiger partial charge is 2.00 e. The Bertz CT molecular complexity index is 73.6. The van der Waals surface area contributed by atoms with Crippen molar-refractivity contribution in [3.63, 3.8) is 0 Å². The van der Waals surface area contributed by atoms with Crippen LogP contribution < -0.4 is 0 Å². The second-order valence-corrected chi connectivity index (χ2v) is 1.39. The molecule has 0 bridgehead atoms. The molecule has 0 aromatic rings. The van der Waals surface area contributed by atoms with Gasteiger partial charge in [0.1, 0.15) is 0 Å². The number of hydrogen-bond donors (Lipinski definition) is 12. The summed E-state index contributed by atoms with van der Waals surface area (Å²) >= 11 is 0. The van der Waals surface area contributed by atoms with Gasteiger partial charge in [-0.15, -0.1) is 0 Å². The van der Waals surface area contributed by atoms with Crippen LogP contribution in [0.25, 0.3) is 0 Å². The topological polar surface area (TPSA) is 400 Å². The summed E-state index contributed by atoms with van der Waals surface area (Å²) in [5.41, 5.74) is 0. The van der Waals surface area contributed by atoms with Crippen LogP contribution >= 0.6 is 0 Å². The van der Waals surface area contributed by atoms with Crippen LogP contribution in [0.15, 0.2) is 0 Å². The van der Waals surface area contributed by atoms with Gasteiger partial charge in [-0.05, 0) is 0 Å². The molecule has 0 unspecified atom stereocenters. The van der Waals surface area contributed by atoms with E-state index in [-0.39, 0.29) is 68.0 Å². The Labute approximate surface area is 157 Å². The summed E-state index contributed by atoms with van der Waals surface area (Å²) in [6, 6.07) is 0. The van der Waals surface area contributed by atoms with Crippen LogP contribution in [0.2, 0.25) is 0 Å². The average Bonchev–Trinajstić information content (AvgIpc) is 1.76. The molecule has 0 fully saturated rings. The molecule has 0 radical (unpaired) electrons. The third-order valence-corrected chi connectivity index (χ3v) is 0. The van der Waals surface area contributed by atoms with E-state index in [0.717, 1.165) is 0 Å². The third kappa shape index (κ3) is 11600. The molecule has 0 aliphatic heterocycles. The van der Waals surface area contributed by atoms with E-state index < -0.39 is 29.3 Å². The van der Waals surface area contributed by atoms with E-state index in [1.165, 1.54) is 0 Å². The maximum atomic E-state index is 7.17. The quantitative estimate of drug-likeness (QED) is 0.174. The second-order valence-electron chi connectivity index (χ2n) is 1.39. The molecule has 0 aromatic heterocycles. The van der Waals surface area contributed by atoms with E-state index in [9.17, 15) is 0 Å². The van der Waals surface area contributed by atoms with E-state index in [0.29, 0.717) is 0 Å². The third-order valence-electron chi connectivity index (χ3n) is 0. The molecule has 0 aromatic carbocycles. The van der Waals surface area contributed by atoms with Gasteiger partial charge in [0, 0.05) is 0 Å². The maximum absolute atomic E-state index is 7.17. The summed E-state index contributed by atoms with van der Waals surface area (Å²) in [7, 11) is -8.67. The van der Waals surface area contributed by atoms with E-state index >= 15 is 0 Å². The zero-order valence-electron chi connectivity index (χ0n) is 12.9. The Morgan fingerprint density at radius 2 is 0.318 bits per heavy atom. The molecule has 0 atom stereocenters. The molecule has 140 valence electrons. The smallest absolute Gasteiger partial charge is 1.00 e. The molecule has 0 spiro atoms. The van der Waals surface area contributed by atoms with Crippen molar-refractivity contribution in [1.82, 2.24) is 0 Å². The van der Waals surface area contributed by atoms with Crippen molar-refractivity contribution >= 4 is 67.0 Å². The van der Waals surface area contributed by atoms with E-state index in [4.69, 9.17) is 60.3 Å². The zero-order valence-corrected chi connectivity index (χ0v) is 13.1. The first-order valence-corrected chi connectivity index (χ1v) is 3.10. The molecule has 0 rings (SSSR count).